The number of pyridine rings is 1. The highest BCUT2D eigenvalue weighted by atomic mass is 32.1. The molecule has 4 rings (SSSR count). The van der Waals surface area contributed by atoms with Crippen molar-refractivity contribution in [1.29, 1.82) is 10.5 Å². The highest BCUT2D eigenvalue weighted by Crippen LogP contribution is 2.42. The van der Waals surface area contributed by atoms with Crippen LogP contribution in [0.2, 0.25) is 0 Å². The average Bonchev–Trinajstić information content (AvgIpc) is 3.08. The molecule has 0 saturated heterocycles. The van der Waals surface area contributed by atoms with Gasteiger partial charge >= 0.3 is 0 Å². The Morgan fingerprint density at radius 1 is 1.30 bits per heavy atom. The fourth-order valence-corrected chi connectivity index (χ4v) is 3.83. The van der Waals surface area contributed by atoms with Gasteiger partial charge in [-0.1, -0.05) is 0 Å². The third kappa shape index (κ3) is 2.56. The van der Waals surface area contributed by atoms with Gasteiger partial charge in [-0.25, -0.2) is 14.4 Å². The molecule has 27 heavy (non-hydrogen) atoms. The summed E-state index contributed by atoms with van der Waals surface area (Å²) in [5.41, 5.74) is 12.6. The van der Waals surface area contributed by atoms with Crippen molar-refractivity contribution in [3.05, 3.63) is 46.1 Å². The minimum Gasteiger partial charge on any atom is -0.397 e. The van der Waals surface area contributed by atoms with E-state index in [2.05, 4.69) is 20.6 Å². The van der Waals surface area contributed by atoms with E-state index in [-0.39, 0.29) is 34.4 Å². The van der Waals surface area contributed by atoms with Crippen LogP contribution in [0.3, 0.4) is 0 Å². The molecule has 0 amide bonds. The standard InChI is InChI=1S/C17H11FN8S/c18-10-3-7-1-2-27-11(7)4-8(10)14-12-13(21)9(5-19)15(22)25-16(12)26-17(24-14)23-6-20/h1-4,14H,(H6,21,22,23,24,25,26). The van der Waals surface area contributed by atoms with Crippen LogP contribution in [0.4, 0.5) is 21.7 Å². The predicted octanol–water partition coefficient (Wildman–Crippen LogP) is 2.41. The van der Waals surface area contributed by atoms with Crippen LogP contribution >= 0.6 is 11.3 Å². The Hall–Kier alpha value is -3.89. The smallest absolute Gasteiger partial charge is 0.211 e. The molecule has 0 spiro atoms. The van der Waals surface area contributed by atoms with Crippen molar-refractivity contribution in [2.75, 3.05) is 16.8 Å². The van der Waals surface area contributed by atoms with E-state index in [1.165, 1.54) is 17.4 Å². The first-order valence-corrected chi connectivity index (χ1v) is 8.57. The highest BCUT2D eigenvalue weighted by Gasteiger charge is 2.31. The van der Waals surface area contributed by atoms with Gasteiger partial charge in [0.1, 0.15) is 35.1 Å². The largest absolute Gasteiger partial charge is 0.397 e. The first-order valence-electron chi connectivity index (χ1n) is 7.69. The van der Waals surface area contributed by atoms with Crippen LogP contribution in [0.25, 0.3) is 10.1 Å². The lowest BCUT2D eigenvalue weighted by Crippen LogP contribution is -2.33. The van der Waals surface area contributed by atoms with E-state index in [0.29, 0.717) is 5.56 Å². The van der Waals surface area contributed by atoms with Crippen LogP contribution in [-0.2, 0) is 0 Å². The molecular weight excluding hydrogens is 367 g/mol. The lowest BCUT2D eigenvalue weighted by atomic mass is 9.94. The molecule has 10 heteroatoms. The molecule has 6 N–H and O–H groups in total. The number of nitrogens with one attached hydrogen (secondary N) is 2. The number of rotatable bonds is 1. The minimum absolute atomic E-state index is 0.00468. The summed E-state index contributed by atoms with van der Waals surface area (Å²) in [7, 11) is 0. The molecule has 0 radical (unpaired) electrons. The van der Waals surface area contributed by atoms with Gasteiger partial charge in [0, 0.05) is 15.8 Å². The van der Waals surface area contributed by atoms with Crippen LogP contribution < -0.4 is 22.1 Å². The zero-order valence-electron chi connectivity index (χ0n) is 13.6. The zero-order chi connectivity index (χ0) is 19.1. The zero-order valence-corrected chi connectivity index (χ0v) is 14.4. The summed E-state index contributed by atoms with van der Waals surface area (Å²) in [6, 6.07) is 5.94. The second kappa shape index (κ2) is 6.12. The molecule has 0 fully saturated rings. The van der Waals surface area contributed by atoms with Crippen LogP contribution in [0.15, 0.2) is 28.6 Å². The lowest BCUT2D eigenvalue weighted by Gasteiger charge is -2.26. The first kappa shape index (κ1) is 16.6. The second-order valence-corrected chi connectivity index (χ2v) is 6.68. The van der Waals surface area contributed by atoms with Gasteiger partial charge in [0.25, 0.3) is 0 Å². The Morgan fingerprint density at radius 3 is 2.85 bits per heavy atom. The third-order valence-corrected chi connectivity index (χ3v) is 5.10. The molecule has 1 aliphatic rings. The molecule has 1 aromatic carbocycles. The minimum atomic E-state index is -0.899. The van der Waals surface area contributed by atoms with E-state index in [1.54, 1.807) is 12.3 Å². The number of hydrogen-bond acceptors (Lipinski definition) is 9. The molecule has 132 valence electrons. The number of fused-ring (bicyclic) bond motifs is 2. The van der Waals surface area contributed by atoms with Crippen molar-refractivity contribution < 1.29 is 4.39 Å². The molecular formula is C17H11FN8S. The molecule has 1 atom stereocenters. The number of aliphatic imine (C=N–C) groups is 1. The highest BCUT2D eigenvalue weighted by molar-refractivity contribution is 7.17. The Kier molecular flexibility index (Phi) is 3.76. The van der Waals surface area contributed by atoms with Gasteiger partial charge in [0.05, 0.1) is 5.69 Å². The van der Waals surface area contributed by atoms with Gasteiger partial charge < -0.3 is 16.8 Å². The number of aromatic nitrogens is 1. The average molecular weight is 378 g/mol. The maximum absolute atomic E-state index is 14.9. The number of thiophene rings is 1. The van der Waals surface area contributed by atoms with E-state index in [4.69, 9.17) is 16.7 Å². The topological polar surface area (TPSA) is 149 Å². The number of halogens is 1. The summed E-state index contributed by atoms with van der Waals surface area (Å²) in [4.78, 5) is 8.52. The summed E-state index contributed by atoms with van der Waals surface area (Å²) >= 11 is 1.46. The van der Waals surface area contributed by atoms with Crippen molar-refractivity contribution >= 4 is 44.7 Å². The normalized spacial score (nSPS) is 15.2. The maximum atomic E-state index is 14.9. The Labute approximate surface area is 156 Å². The number of guanidine groups is 1. The molecule has 3 heterocycles. The van der Waals surface area contributed by atoms with Crippen LogP contribution in [0.5, 0.6) is 0 Å². The fraction of sp³-hybridized carbons (Fsp3) is 0.0588. The molecule has 0 saturated carbocycles. The molecule has 8 nitrogen and oxygen atoms in total. The lowest BCUT2D eigenvalue weighted by molar-refractivity contribution is 0.601. The van der Waals surface area contributed by atoms with E-state index >= 15 is 0 Å². The number of hydrogen-bond donors (Lipinski definition) is 4. The van der Waals surface area contributed by atoms with Gasteiger partial charge in [-0.2, -0.15) is 10.5 Å². The fourth-order valence-electron chi connectivity index (χ4n) is 3.01. The van der Waals surface area contributed by atoms with Crippen molar-refractivity contribution in [2.24, 2.45) is 4.99 Å². The molecule has 2 aromatic heterocycles. The SMILES string of the molecule is N#CNC1=NC(c2cc3sccc3cc2F)c2c(nc(N)c(C#N)c2N)N1. The van der Waals surface area contributed by atoms with E-state index in [9.17, 15) is 9.65 Å². The Balaban J connectivity index is 2.00. The molecule has 3 aromatic rings. The Bertz CT molecular complexity index is 1200. The number of nitriles is 2. The first-order chi connectivity index (χ1) is 13.0. The van der Waals surface area contributed by atoms with Crippen LogP contribution in [-0.4, -0.2) is 10.9 Å². The number of anilines is 3. The maximum Gasteiger partial charge on any atom is 0.211 e. The Morgan fingerprint density at radius 2 is 2.11 bits per heavy atom. The third-order valence-electron chi connectivity index (χ3n) is 4.22. The van der Waals surface area contributed by atoms with Crippen molar-refractivity contribution in [1.82, 2.24) is 10.3 Å². The quantitative estimate of drug-likeness (QED) is 0.375. The number of benzene rings is 1. The van der Waals surface area contributed by atoms with E-state index < -0.39 is 11.9 Å². The number of nitrogens with two attached hydrogens (primary N) is 2. The number of nitrogen functional groups attached to an aromatic ring is 2. The van der Waals surface area contributed by atoms with Crippen molar-refractivity contribution in [3.8, 4) is 12.3 Å². The summed E-state index contributed by atoms with van der Waals surface area (Å²) in [5, 5.41) is 26.1. The predicted molar refractivity (Wildman–Crippen MR) is 101 cm³/mol. The summed E-state index contributed by atoms with van der Waals surface area (Å²) in [5.74, 6) is -0.245. The molecule has 0 bridgehead atoms. The number of nitrogens with zero attached hydrogens (tertiary/aromatic N) is 4. The van der Waals surface area contributed by atoms with Crippen molar-refractivity contribution in [3.63, 3.8) is 0 Å². The van der Waals surface area contributed by atoms with E-state index in [0.717, 1.165) is 10.1 Å². The van der Waals surface area contributed by atoms with E-state index in [1.807, 2.05) is 17.5 Å². The summed E-state index contributed by atoms with van der Waals surface area (Å²) < 4.78 is 15.7. The molecule has 1 aliphatic heterocycles. The van der Waals surface area contributed by atoms with Gasteiger partial charge in [-0.05, 0) is 29.0 Å². The second-order valence-electron chi connectivity index (χ2n) is 5.73. The molecule has 0 aliphatic carbocycles. The monoisotopic (exact) mass is 378 g/mol. The van der Waals surface area contributed by atoms with Gasteiger partial charge in [-0.3, -0.25) is 5.32 Å². The summed E-state index contributed by atoms with van der Waals surface area (Å²) in [6.07, 6.45) is 1.75. The summed E-state index contributed by atoms with van der Waals surface area (Å²) in [6.45, 7) is 0. The van der Waals surface area contributed by atoms with Gasteiger partial charge in [-0.15, -0.1) is 11.3 Å². The van der Waals surface area contributed by atoms with Crippen LogP contribution in [0, 0.1) is 28.6 Å². The van der Waals surface area contributed by atoms with Crippen LogP contribution in [0.1, 0.15) is 22.7 Å². The van der Waals surface area contributed by atoms with Gasteiger partial charge in [0.15, 0.2) is 6.19 Å². The van der Waals surface area contributed by atoms with Gasteiger partial charge in [0.2, 0.25) is 5.96 Å². The van der Waals surface area contributed by atoms with Crippen molar-refractivity contribution in [2.45, 2.75) is 6.04 Å². The molecule has 1 unspecified atom stereocenters.